The van der Waals surface area contributed by atoms with Gasteiger partial charge in [-0.25, -0.2) is 0 Å². The zero-order valence-corrected chi connectivity index (χ0v) is 20.4. The van der Waals surface area contributed by atoms with Gasteiger partial charge in [0.15, 0.2) is 6.61 Å². The molecule has 178 valence electrons. The predicted molar refractivity (Wildman–Crippen MR) is 133 cm³/mol. The Hall–Kier alpha value is -3.10. The summed E-state index contributed by atoms with van der Waals surface area (Å²) >= 11 is 7.26. The van der Waals surface area contributed by atoms with E-state index in [9.17, 15) is 14.4 Å². The Bertz CT molecular complexity index is 1190. The largest absolute Gasteiger partial charge is 0.483 e. The van der Waals surface area contributed by atoms with E-state index in [0.29, 0.717) is 36.1 Å². The van der Waals surface area contributed by atoms with Gasteiger partial charge in [-0.2, -0.15) is 0 Å². The number of amides is 2. The molecule has 0 saturated carbocycles. The van der Waals surface area contributed by atoms with E-state index < -0.39 is 6.04 Å². The predicted octanol–water partition coefficient (Wildman–Crippen LogP) is 4.18. The number of nitrogens with zero attached hydrogens (tertiary/aromatic N) is 2. The van der Waals surface area contributed by atoms with E-state index in [1.807, 2.05) is 36.1 Å². The molecule has 7 nitrogen and oxygen atoms in total. The van der Waals surface area contributed by atoms with Crippen molar-refractivity contribution in [3.8, 4) is 16.9 Å². The van der Waals surface area contributed by atoms with E-state index in [-0.39, 0.29) is 24.0 Å². The van der Waals surface area contributed by atoms with E-state index in [1.165, 1.54) is 17.4 Å². The molecule has 1 aliphatic rings. The third-order valence-corrected chi connectivity index (χ3v) is 6.89. The van der Waals surface area contributed by atoms with Crippen molar-refractivity contribution in [2.45, 2.75) is 32.4 Å². The first kappa shape index (κ1) is 24.0. The van der Waals surface area contributed by atoms with Gasteiger partial charge in [0.1, 0.15) is 11.8 Å². The fourth-order valence-corrected chi connectivity index (χ4v) is 4.85. The maximum atomic E-state index is 13.3. The van der Waals surface area contributed by atoms with Gasteiger partial charge in [-0.3, -0.25) is 14.4 Å². The van der Waals surface area contributed by atoms with Gasteiger partial charge in [-0.05, 0) is 29.2 Å². The minimum absolute atomic E-state index is 0.0373. The quantitative estimate of drug-likeness (QED) is 0.504. The summed E-state index contributed by atoms with van der Waals surface area (Å²) in [7, 11) is 0. The van der Waals surface area contributed by atoms with Crippen LogP contribution in [-0.4, -0.2) is 52.3 Å². The SMILES string of the molecule is CCC[C@H]1C(=O)N(Cc2ccc(-c3ccc(=O)[nH]c3)cc2)CCN1C(=O)COc1csc(Cl)c1. The topological polar surface area (TPSA) is 82.7 Å². The van der Waals surface area contributed by atoms with E-state index in [0.717, 1.165) is 23.1 Å². The molecule has 3 heterocycles. The molecule has 2 amide bonds. The molecule has 1 atom stereocenters. The number of aromatic nitrogens is 1. The van der Waals surface area contributed by atoms with Crippen LogP contribution in [0.4, 0.5) is 0 Å². The van der Waals surface area contributed by atoms with Gasteiger partial charge in [0.2, 0.25) is 11.5 Å². The standard InChI is InChI=1S/C25H26ClN3O4S/c1-2-3-21-25(32)28(10-11-29(21)24(31)15-33-20-12-22(26)34-16-20)14-17-4-6-18(7-5-17)19-8-9-23(30)27-13-19/h4-9,12-13,16,21H,2-3,10-11,14-15H2,1H3,(H,27,30)/t21-/m0/s1. The van der Waals surface area contributed by atoms with Crippen LogP contribution >= 0.6 is 22.9 Å². The van der Waals surface area contributed by atoms with E-state index in [2.05, 4.69) is 4.98 Å². The molecule has 1 N–H and O–H groups in total. The van der Waals surface area contributed by atoms with Crippen molar-refractivity contribution < 1.29 is 14.3 Å². The van der Waals surface area contributed by atoms with Crippen LogP contribution in [0.2, 0.25) is 4.34 Å². The average molecular weight is 500 g/mol. The summed E-state index contributed by atoms with van der Waals surface area (Å²) in [5.74, 6) is 0.328. The number of H-pyrrole nitrogens is 1. The molecule has 0 unspecified atom stereocenters. The van der Waals surface area contributed by atoms with Crippen molar-refractivity contribution in [2.24, 2.45) is 0 Å². The molecule has 1 saturated heterocycles. The molecule has 4 rings (SSSR count). The number of piperazine rings is 1. The fraction of sp³-hybridized carbons (Fsp3) is 0.320. The third-order valence-electron chi connectivity index (χ3n) is 5.82. The second-order valence-electron chi connectivity index (χ2n) is 8.17. The Balaban J connectivity index is 1.39. The number of rotatable bonds is 8. The third kappa shape index (κ3) is 5.69. The Labute approximate surface area is 206 Å². The molecule has 0 spiro atoms. The number of thiophene rings is 1. The lowest BCUT2D eigenvalue weighted by Crippen LogP contribution is -2.59. The van der Waals surface area contributed by atoms with Gasteiger partial charge in [0.25, 0.3) is 5.91 Å². The number of halogens is 1. The molecule has 2 aromatic heterocycles. The average Bonchev–Trinajstić information content (AvgIpc) is 3.26. The first-order valence-corrected chi connectivity index (χ1v) is 12.4. The number of carbonyl (C=O) groups is 2. The molecule has 1 aromatic carbocycles. The molecule has 9 heteroatoms. The number of hydrogen-bond donors (Lipinski definition) is 1. The summed E-state index contributed by atoms with van der Waals surface area (Å²) in [5.41, 5.74) is 2.77. The molecule has 1 aliphatic heterocycles. The van der Waals surface area contributed by atoms with Crippen LogP contribution in [0.3, 0.4) is 0 Å². The van der Waals surface area contributed by atoms with Crippen LogP contribution in [0.5, 0.6) is 5.75 Å². The first-order valence-electron chi connectivity index (χ1n) is 11.2. The minimum atomic E-state index is -0.485. The summed E-state index contributed by atoms with van der Waals surface area (Å²) in [5, 5.41) is 1.75. The van der Waals surface area contributed by atoms with Crippen molar-refractivity contribution in [1.82, 2.24) is 14.8 Å². The highest BCUT2D eigenvalue weighted by Gasteiger charge is 2.36. The zero-order chi connectivity index (χ0) is 24.1. The second-order valence-corrected chi connectivity index (χ2v) is 9.71. The number of nitrogens with one attached hydrogen (secondary N) is 1. The van der Waals surface area contributed by atoms with Gasteiger partial charge in [-0.1, -0.05) is 49.2 Å². The molecular formula is C25H26ClN3O4S. The lowest BCUT2D eigenvalue weighted by Gasteiger charge is -2.40. The lowest BCUT2D eigenvalue weighted by molar-refractivity contribution is -0.153. The molecule has 0 bridgehead atoms. The number of benzene rings is 1. The van der Waals surface area contributed by atoms with Gasteiger partial charge in [-0.15, -0.1) is 11.3 Å². The Morgan fingerprint density at radius 2 is 1.91 bits per heavy atom. The number of aromatic amines is 1. The minimum Gasteiger partial charge on any atom is -0.483 e. The number of carbonyl (C=O) groups excluding carboxylic acids is 2. The summed E-state index contributed by atoms with van der Waals surface area (Å²) in [6.07, 6.45) is 3.09. The maximum Gasteiger partial charge on any atom is 0.261 e. The van der Waals surface area contributed by atoms with Crippen LogP contribution in [0.1, 0.15) is 25.3 Å². The van der Waals surface area contributed by atoms with Crippen LogP contribution in [0.15, 0.2) is 58.8 Å². The zero-order valence-electron chi connectivity index (χ0n) is 18.8. The smallest absolute Gasteiger partial charge is 0.261 e. The monoisotopic (exact) mass is 499 g/mol. The van der Waals surface area contributed by atoms with Crippen molar-refractivity contribution in [2.75, 3.05) is 19.7 Å². The highest BCUT2D eigenvalue weighted by Crippen LogP contribution is 2.26. The Morgan fingerprint density at radius 1 is 1.15 bits per heavy atom. The van der Waals surface area contributed by atoms with Gasteiger partial charge >= 0.3 is 0 Å². The highest BCUT2D eigenvalue weighted by atomic mass is 35.5. The summed E-state index contributed by atoms with van der Waals surface area (Å²) in [6.45, 7) is 3.31. The maximum absolute atomic E-state index is 13.3. The van der Waals surface area contributed by atoms with E-state index in [4.69, 9.17) is 16.3 Å². The molecule has 34 heavy (non-hydrogen) atoms. The van der Waals surface area contributed by atoms with Crippen LogP contribution < -0.4 is 10.3 Å². The molecule has 0 aliphatic carbocycles. The fourth-order valence-electron chi connectivity index (χ4n) is 4.06. The Kier molecular flexibility index (Phi) is 7.70. The van der Waals surface area contributed by atoms with E-state index >= 15 is 0 Å². The van der Waals surface area contributed by atoms with Crippen LogP contribution in [-0.2, 0) is 16.1 Å². The molecule has 3 aromatic rings. The Morgan fingerprint density at radius 3 is 2.56 bits per heavy atom. The summed E-state index contributed by atoms with van der Waals surface area (Å²) in [4.78, 5) is 43.5. The van der Waals surface area contributed by atoms with Crippen molar-refractivity contribution >= 4 is 34.8 Å². The van der Waals surface area contributed by atoms with Crippen molar-refractivity contribution in [3.63, 3.8) is 0 Å². The molecule has 0 radical (unpaired) electrons. The second kappa shape index (κ2) is 10.9. The van der Waals surface area contributed by atoms with Gasteiger partial charge in [0.05, 0.1) is 4.34 Å². The lowest BCUT2D eigenvalue weighted by atomic mass is 10.0. The van der Waals surface area contributed by atoms with Gasteiger partial charge < -0.3 is 19.5 Å². The first-order chi connectivity index (χ1) is 16.4. The van der Waals surface area contributed by atoms with Crippen molar-refractivity contribution in [3.05, 3.63) is 74.3 Å². The van der Waals surface area contributed by atoms with Gasteiger partial charge in [0, 0.05) is 43.3 Å². The molecular weight excluding hydrogens is 474 g/mol. The number of pyridine rings is 1. The van der Waals surface area contributed by atoms with Crippen molar-refractivity contribution in [1.29, 1.82) is 0 Å². The highest BCUT2D eigenvalue weighted by molar-refractivity contribution is 7.14. The van der Waals surface area contributed by atoms with Crippen LogP contribution in [0.25, 0.3) is 11.1 Å². The number of ether oxygens (including phenoxy) is 1. The number of hydrogen-bond acceptors (Lipinski definition) is 5. The summed E-state index contributed by atoms with van der Waals surface area (Å²) in [6, 6.07) is 12.4. The normalized spacial score (nSPS) is 16.1. The molecule has 1 fully saturated rings. The summed E-state index contributed by atoms with van der Waals surface area (Å²) < 4.78 is 6.17. The van der Waals surface area contributed by atoms with E-state index in [1.54, 1.807) is 28.6 Å². The van der Waals surface area contributed by atoms with Crippen LogP contribution in [0, 0.1) is 0 Å².